The molecule has 3 N–H and O–H groups in total. The summed E-state index contributed by atoms with van der Waals surface area (Å²) in [5.41, 5.74) is 5.35. The second kappa shape index (κ2) is 40.9. The smallest absolute Gasteiger partial charge is 0.462 e. The lowest BCUT2D eigenvalue weighted by molar-refractivity contribution is -0.161. The van der Waals surface area contributed by atoms with E-state index in [1.807, 2.05) is 0 Å². The Kier molecular flexibility index (Phi) is 39.5. The van der Waals surface area contributed by atoms with Crippen molar-refractivity contribution in [3.8, 4) is 0 Å². The van der Waals surface area contributed by atoms with Crippen LogP contribution in [0.15, 0.2) is 36.5 Å². The van der Waals surface area contributed by atoms with E-state index in [2.05, 4.69) is 50.3 Å². The molecule has 0 aliphatic heterocycles. The van der Waals surface area contributed by atoms with Crippen LogP contribution < -0.4 is 5.73 Å². The summed E-state index contributed by atoms with van der Waals surface area (Å²) < 4.78 is 32.8. The van der Waals surface area contributed by atoms with E-state index in [9.17, 15) is 19.0 Å². The van der Waals surface area contributed by atoms with E-state index in [0.29, 0.717) is 6.42 Å². The molecule has 0 heterocycles. The van der Waals surface area contributed by atoms with Crippen LogP contribution in [0.4, 0.5) is 0 Å². The zero-order chi connectivity index (χ0) is 39.6. The van der Waals surface area contributed by atoms with Gasteiger partial charge in [0, 0.05) is 19.4 Å². The minimum atomic E-state index is -4.38. The Morgan fingerprint density at radius 3 is 1.46 bits per heavy atom. The molecule has 316 valence electrons. The van der Waals surface area contributed by atoms with Gasteiger partial charge in [0.05, 0.1) is 13.2 Å². The highest BCUT2D eigenvalue weighted by Crippen LogP contribution is 2.43. The molecule has 0 aromatic heterocycles. The van der Waals surface area contributed by atoms with E-state index in [0.717, 1.165) is 70.6 Å². The van der Waals surface area contributed by atoms with Crippen LogP contribution in [0.25, 0.3) is 0 Å². The van der Waals surface area contributed by atoms with Crippen LogP contribution in [0.5, 0.6) is 0 Å². The number of carbonyl (C=O) groups excluding carboxylic acids is 2. The molecular formula is C44H82NO8P. The van der Waals surface area contributed by atoms with E-state index >= 15 is 0 Å². The standard InChI is InChI=1S/C44H82NO8P/c1-3-5-7-9-11-13-15-17-19-21-23-25-27-29-31-33-35-37-44(47)53-42(41-52-54(48,49)51-39-38-45)40-50-43(46)36-34-32-30-28-26-24-22-20-18-16-14-12-10-8-6-4-2/h11,13,17,19-20,22,42H,3-10,12,14-16,18,21,23-41,45H2,1-2H3,(H,48,49)/b13-11-,19-17-,22-20-/t42-/m1/s1. The Morgan fingerprint density at radius 1 is 0.556 bits per heavy atom. The van der Waals surface area contributed by atoms with E-state index < -0.39 is 32.5 Å². The fraction of sp³-hybridized carbons (Fsp3) is 0.818. The molecule has 0 amide bonds. The van der Waals surface area contributed by atoms with Crippen LogP contribution in [0.1, 0.15) is 200 Å². The first kappa shape index (κ1) is 52.2. The van der Waals surface area contributed by atoms with E-state index in [4.69, 9.17) is 24.3 Å². The second-order valence-electron chi connectivity index (χ2n) is 14.6. The van der Waals surface area contributed by atoms with Crippen LogP contribution in [-0.4, -0.2) is 49.3 Å². The van der Waals surface area contributed by atoms with Gasteiger partial charge < -0.3 is 20.1 Å². The van der Waals surface area contributed by atoms with Gasteiger partial charge in [0.2, 0.25) is 0 Å². The number of allylic oxidation sites excluding steroid dienone is 6. The number of hydrogen-bond donors (Lipinski definition) is 2. The summed E-state index contributed by atoms with van der Waals surface area (Å²) in [4.78, 5) is 34.9. The van der Waals surface area contributed by atoms with Gasteiger partial charge in [-0.1, -0.05) is 153 Å². The van der Waals surface area contributed by atoms with Gasteiger partial charge in [-0.05, 0) is 70.6 Å². The fourth-order valence-electron chi connectivity index (χ4n) is 5.95. The molecule has 0 fully saturated rings. The summed E-state index contributed by atoms with van der Waals surface area (Å²) >= 11 is 0. The molecule has 0 rings (SSSR count). The minimum Gasteiger partial charge on any atom is -0.462 e. The fourth-order valence-corrected chi connectivity index (χ4v) is 6.72. The Hall–Kier alpha value is -1.77. The highest BCUT2D eigenvalue weighted by Gasteiger charge is 2.26. The van der Waals surface area contributed by atoms with Crippen molar-refractivity contribution in [2.24, 2.45) is 5.73 Å². The first-order chi connectivity index (χ1) is 26.3. The minimum absolute atomic E-state index is 0.0506. The van der Waals surface area contributed by atoms with Crippen molar-refractivity contribution in [3.05, 3.63) is 36.5 Å². The quantitative estimate of drug-likeness (QED) is 0.0269. The molecule has 10 heteroatoms. The molecule has 2 atom stereocenters. The molecule has 0 saturated heterocycles. The Labute approximate surface area is 331 Å². The number of nitrogens with two attached hydrogens (primary N) is 1. The zero-order valence-corrected chi connectivity index (χ0v) is 35.6. The van der Waals surface area contributed by atoms with Crippen LogP contribution in [0, 0.1) is 0 Å². The first-order valence-corrected chi connectivity index (χ1v) is 23.5. The average Bonchev–Trinajstić information content (AvgIpc) is 3.16. The summed E-state index contributed by atoms with van der Waals surface area (Å²) in [6, 6.07) is 0. The molecule has 0 spiro atoms. The third-order valence-electron chi connectivity index (χ3n) is 9.25. The zero-order valence-electron chi connectivity index (χ0n) is 34.7. The molecule has 0 radical (unpaired) electrons. The summed E-state index contributed by atoms with van der Waals surface area (Å²) in [7, 11) is -4.38. The van der Waals surface area contributed by atoms with Gasteiger partial charge in [-0.2, -0.15) is 0 Å². The van der Waals surface area contributed by atoms with Gasteiger partial charge in [-0.3, -0.25) is 18.6 Å². The molecule has 0 aliphatic rings. The number of phosphoric acid groups is 1. The van der Waals surface area contributed by atoms with Crippen molar-refractivity contribution >= 4 is 19.8 Å². The Balaban J connectivity index is 4.17. The SMILES string of the molecule is CCCCC/C=C\C/C=C\CCCCCCCCCC(=O)O[C@H](COC(=O)CCCCCCC/C=C\CCCCCCCCC)COP(=O)(O)OCCN. The van der Waals surface area contributed by atoms with Gasteiger partial charge >= 0.3 is 19.8 Å². The molecular weight excluding hydrogens is 701 g/mol. The van der Waals surface area contributed by atoms with Crippen molar-refractivity contribution < 1.29 is 37.6 Å². The number of carbonyl (C=O) groups is 2. The average molecular weight is 784 g/mol. The number of rotatable bonds is 41. The van der Waals surface area contributed by atoms with E-state index in [1.165, 1.54) is 96.3 Å². The lowest BCUT2D eigenvalue weighted by Gasteiger charge is -2.19. The van der Waals surface area contributed by atoms with Crippen LogP contribution >= 0.6 is 7.82 Å². The molecule has 0 saturated carbocycles. The largest absolute Gasteiger partial charge is 0.472 e. The maximum atomic E-state index is 12.6. The number of ether oxygens (including phenoxy) is 2. The number of esters is 2. The van der Waals surface area contributed by atoms with Crippen molar-refractivity contribution in [3.63, 3.8) is 0 Å². The maximum Gasteiger partial charge on any atom is 0.472 e. The molecule has 0 aliphatic carbocycles. The summed E-state index contributed by atoms with van der Waals surface area (Å²) in [5, 5.41) is 0. The Bertz CT molecular complexity index is 986. The van der Waals surface area contributed by atoms with Crippen LogP contribution in [0.2, 0.25) is 0 Å². The molecule has 1 unspecified atom stereocenters. The molecule has 0 aromatic carbocycles. The molecule has 0 bridgehead atoms. The predicted octanol–water partition coefficient (Wildman–Crippen LogP) is 12.6. The lowest BCUT2D eigenvalue weighted by Crippen LogP contribution is -2.29. The third kappa shape index (κ3) is 39.9. The van der Waals surface area contributed by atoms with Crippen LogP contribution in [0.3, 0.4) is 0 Å². The molecule has 0 aromatic rings. The van der Waals surface area contributed by atoms with Gasteiger partial charge in [-0.25, -0.2) is 4.57 Å². The number of hydrogen-bond acceptors (Lipinski definition) is 8. The highest BCUT2D eigenvalue weighted by atomic mass is 31.2. The molecule has 9 nitrogen and oxygen atoms in total. The van der Waals surface area contributed by atoms with Crippen molar-refractivity contribution in [1.82, 2.24) is 0 Å². The van der Waals surface area contributed by atoms with E-state index in [1.54, 1.807) is 0 Å². The van der Waals surface area contributed by atoms with Crippen LogP contribution in [-0.2, 0) is 32.7 Å². The Morgan fingerprint density at radius 2 is 0.963 bits per heavy atom. The number of unbranched alkanes of at least 4 members (excludes halogenated alkanes) is 22. The second-order valence-corrected chi connectivity index (χ2v) is 16.0. The maximum absolute atomic E-state index is 12.6. The van der Waals surface area contributed by atoms with E-state index in [-0.39, 0.29) is 32.6 Å². The summed E-state index contributed by atoms with van der Waals surface area (Å²) in [6.07, 6.45) is 44.5. The third-order valence-corrected chi connectivity index (χ3v) is 10.2. The predicted molar refractivity (Wildman–Crippen MR) is 224 cm³/mol. The van der Waals surface area contributed by atoms with Crippen molar-refractivity contribution in [2.45, 2.75) is 206 Å². The van der Waals surface area contributed by atoms with Gasteiger partial charge in [-0.15, -0.1) is 0 Å². The highest BCUT2D eigenvalue weighted by molar-refractivity contribution is 7.47. The van der Waals surface area contributed by atoms with Gasteiger partial charge in [0.25, 0.3) is 0 Å². The number of phosphoric ester groups is 1. The summed E-state index contributed by atoms with van der Waals surface area (Å²) in [6.45, 7) is 3.69. The monoisotopic (exact) mass is 784 g/mol. The first-order valence-electron chi connectivity index (χ1n) is 22.0. The van der Waals surface area contributed by atoms with Gasteiger partial charge in [0.1, 0.15) is 6.61 Å². The lowest BCUT2D eigenvalue weighted by atomic mass is 10.1. The van der Waals surface area contributed by atoms with Gasteiger partial charge in [0.15, 0.2) is 6.10 Å². The molecule has 54 heavy (non-hydrogen) atoms. The normalized spacial score (nSPS) is 13.6. The summed E-state index contributed by atoms with van der Waals surface area (Å²) in [5.74, 6) is -0.845. The van der Waals surface area contributed by atoms with Crippen molar-refractivity contribution in [2.75, 3.05) is 26.4 Å². The topological polar surface area (TPSA) is 134 Å². The van der Waals surface area contributed by atoms with Crippen molar-refractivity contribution in [1.29, 1.82) is 0 Å².